The predicted octanol–water partition coefficient (Wildman–Crippen LogP) is 2.82. The SMILES string of the molecule is CCOC(C)(C[Si](OCC)(OCC)OCC)OCC. The Morgan fingerprint density at radius 3 is 1.32 bits per heavy atom. The molecule has 19 heavy (non-hydrogen) atoms. The third-order valence-corrected chi connectivity index (χ3v) is 5.79. The van der Waals surface area contributed by atoms with E-state index in [4.69, 9.17) is 22.8 Å². The highest BCUT2D eigenvalue weighted by atomic mass is 28.4. The average molecular weight is 294 g/mol. The van der Waals surface area contributed by atoms with Gasteiger partial charge in [0.15, 0.2) is 5.79 Å². The highest BCUT2D eigenvalue weighted by molar-refractivity contribution is 6.61. The van der Waals surface area contributed by atoms with Crippen molar-refractivity contribution in [2.24, 2.45) is 0 Å². The fraction of sp³-hybridized carbons (Fsp3) is 1.00. The summed E-state index contributed by atoms with van der Waals surface area (Å²) in [6, 6.07) is 0.497. The highest BCUT2D eigenvalue weighted by Gasteiger charge is 2.48. The highest BCUT2D eigenvalue weighted by Crippen LogP contribution is 2.28. The summed E-state index contributed by atoms with van der Waals surface area (Å²) in [7, 11) is -2.76. The summed E-state index contributed by atoms with van der Waals surface area (Å²) < 4.78 is 29.0. The van der Waals surface area contributed by atoms with Crippen LogP contribution in [0.1, 0.15) is 41.5 Å². The molecule has 5 nitrogen and oxygen atoms in total. The van der Waals surface area contributed by atoms with Crippen molar-refractivity contribution in [1.29, 1.82) is 0 Å². The normalized spacial score (nSPS) is 12.9. The first-order chi connectivity index (χ1) is 9.01. The van der Waals surface area contributed by atoms with Gasteiger partial charge in [0.25, 0.3) is 0 Å². The zero-order valence-electron chi connectivity index (χ0n) is 13.3. The number of hydrogen-bond donors (Lipinski definition) is 0. The summed E-state index contributed by atoms with van der Waals surface area (Å²) >= 11 is 0. The van der Waals surface area contributed by atoms with E-state index in [0.29, 0.717) is 39.1 Å². The molecule has 0 fully saturated rings. The predicted molar refractivity (Wildman–Crippen MR) is 77.1 cm³/mol. The van der Waals surface area contributed by atoms with Crippen molar-refractivity contribution in [2.45, 2.75) is 53.4 Å². The fourth-order valence-electron chi connectivity index (χ4n) is 2.09. The van der Waals surface area contributed by atoms with Crippen LogP contribution in [0.5, 0.6) is 0 Å². The van der Waals surface area contributed by atoms with E-state index in [0.717, 1.165) is 0 Å². The minimum absolute atomic E-state index is 0.497. The summed E-state index contributed by atoms with van der Waals surface area (Å²) in [5.74, 6) is -0.727. The van der Waals surface area contributed by atoms with Gasteiger partial charge in [-0.2, -0.15) is 0 Å². The molecule has 0 amide bonds. The van der Waals surface area contributed by atoms with Gasteiger partial charge in [-0.3, -0.25) is 0 Å². The molecule has 0 aliphatic heterocycles. The lowest BCUT2D eigenvalue weighted by Gasteiger charge is -2.36. The van der Waals surface area contributed by atoms with Crippen LogP contribution in [0, 0.1) is 0 Å². The van der Waals surface area contributed by atoms with Crippen LogP contribution >= 0.6 is 0 Å². The molecule has 0 spiro atoms. The van der Waals surface area contributed by atoms with Crippen molar-refractivity contribution in [1.82, 2.24) is 0 Å². The lowest BCUT2D eigenvalue weighted by molar-refractivity contribution is -0.214. The lowest BCUT2D eigenvalue weighted by atomic mass is 10.4. The summed E-state index contributed by atoms with van der Waals surface area (Å²) in [4.78, 5) is 0. The molecule has 116 valence electrons. The van der Waals surface area contributed by atoms with Crippen molar-refractivity contribution >= 4 is 8.80 Å². The smallest absolute Gasteiger partial charge is 0.374 e. The first kappa shape index (κ1) is 19.0. The monoisotopic (exact) mass is 294 g/mol. The van der Waals surface area contributed by atoms with Gasteiger partial charge >= 0.3 is 8.80 Å². The standard InChI is InChI=1S/C13H30O5Si/c1-7-14-13(6,15-8-2)12-19(16-9-3,17-10-4)18-11-5/h7-12H2,1-6H3. The van der Waals surface area contributed by atoms with E-state index in [1.807, 2.05) is 41.5 Å². The first-order valence-corrected chi connectivity index (χ1v) is 9.14. The van der Waals surface area contributed by atoms with Gasteiger partial charge in [0.2, 0.25) is 0 Å². The maximum absolute atomic E-state index is 5.83. The zero-order chi connectivity index (χ0) is 14.8. The van der Waals surface area contributed by atoms with E-state index >= 15 is 0 Å². The molecule has 0 saturated carbocycles. The van der Waals surface area contributed by atoms with Gasteiger partial charge in [0.1, 0.15) is 0 Å². The van der Waals surface area contributed by atoms with Crippen molar-refractivity contribution in [3.63, 3.8) is 0 Å². The van der Waals surface area contributed by atoms with Crippen molar-refractivity contribution < 1.29 is 22.8 Å². The molecule has 0 aromatic carbocycles. The summed E-state index contributed by atoms with van der Waals surface area (Å²) in [6.45, 7) is 14.5. The molecule has 0 aliphatic carbocycles. The second-order valence-corrected chi connectivity index (χ2v) is 6.74. The Morgan fingerprint density at radius 2 is 1.05 bits per heavy atom. The van der Waals surface area contributed by atoms with Crippen LogP contribution in [0.15, 0.2) is 0 Å². The summed E-state index contributed by atoms with van der Waals surface area (Å²) in [5, 5.41) is 0. The number of rotatable bonds is 12. The molecular weight excluding hydrogens is 264 g/mol. The average Bonchev–Trinajstić information content (AvgIpc) is 2.30. The molecule has 0 saturated heterocycles. The molecule has 0 N–H and O–H groups in total. The van der Waals surface area contributed by atoms with Crippen LogP contribution < -0.4 is 0 Å². The summed E-state index contributed by atoms with van der Waals surface area (Å²) in [5.41, 5.74) is 0. The lowest BCUT2D eigenvalue weighted by Crippen LogP contribution is -2.53. The minimum atomic E-state index is -2.76. The van der Waals surface area contributed by atoms with Gasteiger partial charge in [0, 0.05) is 33.0 Å². The van der Waals surface area contributed by atoms with Gasteiger partial charge in [-0.05, 0) is 41.5 Å². The molecule has 0 heterocycles. The molecule has 0 radical (unpaired) electrons. The molecule has 0 bridgehead atoms. The van der Waals surface area contributed by atoms with E-state index in [9.17, 15) is 0 Å². The Morgan fingerprint density at radius 1 is 0.684 bits per heavy atom. The molecule has 0 unspecified atom stereocenters. The van der Waals surface area contributed by atoms with Gasteiger partial charge in [-0.15, -0.1) is 0 Å². The molecule has 0 aromatic rings. The third-order valence-electron chi connectivity index (χ3n) is 2.53. The molecule has 6 heteroatoms. The van der Waals surface area contributed by atoms with Gasteiger partial charge in [0.05, 0.1) is 6.04 Å². The van der Waals surface area contributed by atoms with E-state index in [1.165, 1.54) is 0 Å². The van der Waals surface area contributed by atoms with E-state index in [-0.39, 0.29) is 0 Å². The van der Waals surface area contributed by atoms with Crippen LogP contribution in [0.25, 0.3) is 0 Å². The van der Waals surface area contributed by atoms with Gasteiger partial charge in [-0.25, -0.2) is 0 Å². The molecule has 0 rings (SSSR count). The second-order valence-electron chi connectivity index (χ2n) is 4.16. The quantitative estimate of drug-likeness (QED) is 0.409. The summed E-state index contributed by atoms with van der Waals surface area (Å²) in [6.07, 6.45) is 0. The Balaban J connectivity index is 4.99. The van der Waals surface area contributed by atoms with Crippen molar-refractivity contribution in [2.75, 3.05) is 33.0 Å². The molecule has 0 aromatic heterocycles. The Bertz CT molecular complexity index is 202. The van der Waals surface area contributed by atoms with Crippen LogP contribution in [-0.4, -0.2) is 47.6 Å². The van der Waals surface area contributed by atoms with Gasteiger partial charge in [-0.1, -0.05) is 0 Å². The second kappa shape index (κ2) is 9.85. The van der Waals surface area contributed by atoms with Crippen LogP contribution in [-0.2, 0) is 22.8 Å². The van der Waals surface area contributed by atoms with Gasteiger partial charge < -0.3 is 22.8 Å². The molecule has 0 aliphatic rings. The third kappa shape index (κ3) is 6.83. The van der Waals surface area contributed by atoms with Crippen LogP contribution in [0.2, 0.25) is 6.04 Å². The Kier molecular flexibility index (Phi) is 9.86. The Hall–Kier alpha value is 0.0169. The van der Waals surface area contributed by atoms with Crippen molar-refractivity contribution in [3.8, 4) is 0 Å². The number of hydrogen-bond acceptors (Lipinski definition) is 5. The van der Waals surface area contributed by atoms with Crippen LogP contribution in [0.4, 0.5) is 0 Å². The maximum Gasteiger partial charge on any atom is 0.506 e. The minimum Gasteiger partial charge on any atom is -0.374 e. The van der Waals surface area contributed by atoms with E-state index < -0.39 is 14.6 Å². The van der Waals surface area contributed by atoms with E-state index in [2.05, 4.69) is 0 Å². The first-order valence-electron chi connectivity index (χ1n) is 7.21. The number of ether oxygens (including phenoxy) is 2. The van der Waals surface area contributed by atoms with Crippen molar-refractivity contribution in [3.05, 3.63) is 0 Å². The molecule has 0 atom stereocenters. The Labute approximate surface area is 118 Å². The maximum atomic E-state index is 5.83. The topological polar surface area (TPSA) is 46.2 Å². The van der Waals surface area contributed by atoms with Crippen LogP contribution in [0.3, 0.4) is 0 Å². The molecular formula is C13H30O5Si. The largest absolute Gasteiger partial charge is 0.506 e. The van der Waals surface area contributed by atoms with E-state index in [1.54, 1.807) is 0 Å². The zero-order valence-corrected chi connectivity index (χ0v) is 14.3. The fourth-order valence-corrected chi connectivity index (χ4v) is 4.95.